The number of nitrogens with two attached hydrogens (primary N) is 1. The molecule has 22 heavy (non-hydrogen) atoms. The lowest BCUT2D eigenvalue weighted by Crippen LogP contribution is -2.47. The number of nitrogens with zero attached hydrogens (tertiary/aromatic N) is 4. The van der Waals surface area contributed by atoms with Crippen molar-refractivity contribution in [3.63, 3.8) is 0 Å². The maximum atomic E-state index is 6.30. The van der Waals surface area contributed by atoms with Crippen LogP contribution in [0.1, 0.15) is 20.3 Å². The average Bonchev–Trinajstić information content (AvgIpc) is 2.96. The van der Waals surface area contributed by atoms with Gasteiger partial charge in [0.2, 0.25) is 5.95 Å². The Labute approximate surface area is 131 Å². The van der Waals surface area contributed by atoms with Crippen molar-refractivity contribution < 1.29 is 14.2 Å². The van der Waals surface area contributed by atoms with E-state index in [0.29, 0.717) is 24.2 Å². The third kappa shape index (κ3) is 1.91. The Hall–Kier alpha value is -1.48. The van der Waals surface area contributed by atoms with E-state index < -0.39 is 11.3 Å². The summed E-state index contributed by atoms with van der Waals surface area (Å²) in [5, 5.41) is 0.228. The highest BCUT2D eigenvalue weighted by atomic mass is 35.5. The van der Waals surface area contributed by atoms with Crippen molar-refractivity contribution in [2.45, 2.75) is 37.7 Å². The molecule has 9 heteroatoms. The predicted molar refractivity (Wildman–Crippen MR) is 78.2 cm³/mol. The number of rotatable bonds is 1. The van der Waals surface area contributed by atoms with Gasteiger partial charge in [-0.3, -0.25) is 4.57 Å². The quantitative estimate of drug-likeness (QED) is 0.789. The second-order valence-corrected chi connectivity index (χ2v) is 6.43. The molecule has 4 rings (SSSR count). The van der Waals surface area contributed by atoms with Crippen LogP contribution < -0.4 is 5.73 Å². The molecule has 0 aromatic carbocycles. The summed E-state index contributed by atoms with van der Waals surface area (Å²) in [6.07, 6.45) is 2.24. The summed E-state index contributed by atoms with van der Waals surface area (Å²) >= 11 is 6.08. The maximum Gasteiger partial charge on any atom is 0.223 e. The molecule has 2 fully saturated rings. The van der Waals surface area contributed by atoms with Gasteiger partial charge in [-0.2, -0.15) is 9.97 Å². The van der Waals surface area contributed by atoms with Crippen LogP contribution in [0.25, 0.3) is 11.2 Å². The zero-order valence-corrected chi connectivity index (χ0v) is 13.0. The van der Waals surface area contributed by atoms with Crippen molar-refractivity contribution in [2.24, 2.45) is 0 Å². The van der Waals surface area contributed by atoms with Crippen molar-refractivity contribution >= 4 is 28.7 Å². The summed E-state index contributed by atoms with van der Waals surface area (Å²) in [6, 6.07) is 0. The van der Waals surface area contributed by atoms with E-state index in [9.17, 15) is 0 Å². The summed E-state index contributed by atoms with van der Waals surface area (Å²) in [6.45, 7) is 4.72. The van der Waals surface area contributed by atoms with E-state index in [1.807, 2.05) is 18.4 Å². The van der Waals surface area contributed by atoms with E-state index in [1.165, 1.54) is 0 Å². The normalized spacial score (nSPS) is 35.0. The fourth-order valence-electron chi connectivity index (χ4n) is 3.28. The molecule has 0 aliphatic carbocycles. The Bertz CT molecular complexity index is 753. The molecular formula is C13H16ClN5O3. The largest absolute Gasteiger partial charge is 0.368 e. The van der Waals surface area contributed by atoms with Crippen molar-refractivity contribution in [2.75, 3.05) is 19.1 Å². The molecule has 0 radical (unpaired) electrons. The molecule has 4 heterocycles. The lowest BCUT2D eigenvalue weighted by molar-refractivity contribution is -0.238. The van der Waals surface area contributed by atoms with Gasteiger partial charge >= 0.3 is 0 Å². The maximum absolute atomic E-state index is 6.30. The second-order valence-electron chi connectivity index (χ2n) is 6.07. The molecule has 2 aliphatic rings. The molecule has 2 aromatic heterocycles. The van der Waals surface area contributed by atoms with Gasteiger partial charge in [0.25, 0.3) is 0 Å². The van der Waals surface area contributed by atoms with Crippen LogP contribution >= 0.6 is 11.6 Å². The molecule has 118 valence electrons. The zero-order chi connectivity index (χ0) is 15.5. The number of ether oxygens (including phenoxy) is 3. The van der Waals surface area contributed by atoms with E-state index >= 15 is 0 Å². The highest BCUT2D eigenvalue weighted by Crippen LogP contribution is 2.45. The van der Waals surface area contributed by atoms with Gasteiger partial charge in [-0.1, -0.05) is 11.6 Å². The van der Waals surface area contributed by atoms with Gasteiger partial charge < -0.3 is 19.9 Å². The molecule has 2 aromatic rings. The van der Waals surface area contributed by atoms with Crippen LogP contribution in [0.2, 0.25) is 5.15 Å². The Kier molecular flexibility index (Phi) is 2.90. The van der Waals surface area contributed by atoms with Crippen molar-refractivity contribution in [3.8, 4) is 0 Å². The van der Waals surface area contributed by atoms with Gasteiger partial charge in [-0.25, -0.2) is 4.98 Å². The number of aromatic nitrogens is 4. The van der Waals surface area contributed by atoms with E-state index in [1.54, 1.807) is 6.33 Å². The molecule has 0 bridgehead atoms. The molecule has 2 saturated heterocycles. The van der Waals surface area contributed by atoms with Crippen molar-refractivity contribution in [1.29, 1.82) is 0 Å². The smallest absolute Gasteiger partial charge is 0.223 e. The first-order valence-corrected chi connectivity index (χ1v) is 7.35. The minimum atomic E-state index is -0.675. The third-order valence-electron chi connectivity index (χ3n) is 4.32. The van der Waals surface area contributed by atoms with Gasteiger partial charge in [0.05, 0.1) is 19.0 Å². The fraction of sp³-hybridized carbons (Fsp3) is 0.615. The number of anilines is 1. The average molecular weight is 326 g/mol. The van der Waals surface area contributed by atoms with E-state index in [2.05, 4.69) is 15.0 Å². The first-order valence-electron chi connectivity index (χ1n) is 6.97. The summed E-state index contributed by atoms with van der Waals surface area (Å²) < 4.78 is 19.2. The van der Waals surface area contributed by atoms with Crippen LogP contribution in [0.3, 0.4) is 0 Å². The fourth-order valence-corrected chi connectivity index (χ4v) is 3.50. The van der Waals surface area contributed by atoms with Crippen molar-refractivity contribution in [1.82, 2.24) is 19.5 Å². The molecule has 0 amide bonds. The van der Waals surface area contributed by atoms with E-state index in [-0.39, 0.29) is 24.0 Å². The number of halogens is 1. The van der Waals surface area contributed by atoms with Gasteiger partial charge in [0.1, 0.15) is 23.6 Å². The van der Waals surface area contributed by atoms with E-state index in [4.69, 9.17) is 31.5 Å². The lowest BCUT2D eigenvalue weighted by Gasteiger charge is -2.35. The number of nitrogen functional groups attached to an aromatic ring is 1. The molecule has 3 atom stereocenters. The first-order chi connectivity index (χ1) is 10.4. The van der Waals surface area contributed by atoms with Crippen LogP contribution in [-0.2, 0) is 19.9 Å². The monoisotopic (exact) mass is 325 g/mol. The van der Waals surface area contributed by atoms with Gasteiger partial charge in [0.15, 0.2) is 10.8 Å². The Morgan fingerprint density at radius 3 is 3.00 bits per heavy atom. The molecule has 2 N–H and O–H groups in total. The highest BCUT2D eigenvalue weighted by molar-refractivity contribution is 6.33. The highest BCUT2D eigenvalue weighted by Gasteiger charge is 2.55. The molecule has 0 saturated carbocycles. The molecular weight excluding hydrogens is 310 g/mol. The third-order valence-corrected chi connectivity index (χ3v) is 4.58. The molecule has 0 spiro atoms. The Morgan fingerprint density at radius 2 is 2.23 bits per heavy atom. The van der Waals surface area contributed by atoms with Crippen LogP contribution in [-0.4, -0.2) is 44.6 Å². The zero-order valence-electron chi connectivity index (χ0n) is 12.2. The van der Waals surface area contributed by atoms with Gasteiger partial charge in [0, 0.05) is 6.42 Å². The minimum Gasteiger partial charge on any atom is -0.368 e. The first kappa shape index (κ1) is 14.1. The summed E-state index contributed by atoms with van der Waals surface area (Å²) in [5.74, 6) is 0.101. The topological polar surface area (TPSA) is 97.3 Å². The summed E-state index contributed by atoms with van der Waals surface area (Å²) in [5.41, 5.74) is 5.56. The van der Waals surface area contributed by atoms with E-state index in [0.717, 1.165) is 0 Å². The van der Waals surface area contributed by atoms with Crippen LogP contribution in [0.15, 0.2) is 6.33 Å². The second kappa shape index (κ2) is 4.51. The molecule has 8 nitrogen and oxygen atoms in total. The Morgan fingerprint density at radius 1 is 1.41 bits per heavy atom. The van der Waals surface area contributed by atoms with Gasteiger partial charge in [-0.15, -0.1) is 0 Å². The number of hydrogen-bond donors (Lipinski definition) is 1. The van der Waals surface area contributed by atoms with Crippen LogP contribution in [0.5, 0.6) is 0 Å². The summed E-state index contributed by atoms with van der Waals surface area (Å²) in [7, 11) is 0. The van der Waals surface area contributed by atoms with Crippen LogP contribution in [0, 0.1) is 0 Å². The van der Waals surface area contributed by atoms with Crippen molar-refractivity contribution in [3.05, 3.63) is 11.5 Å². The summed E-state index contributed by atoms with van der Waals surface area (Å²) in [4.78, 5) is 12.5. The van der Waals surface area contributed by atoms with Gasteiger partial charge in [-0.05, 0) is 13.8 Å². The minimum absolute atomic E-state index is 0.0571. The van der Waals surface area contributed by atoms with Crippen LogP contribution in [0.4, 0.5) is 5.95 Å². The molecule has 2 aliphatic heterocycles. The Balaban J connectivity index is 1.82. The standard InChI is InChI=1S/C13H16ClN5O3/c1-12-4-20-6-21-7(12)3-13(2,22-12)19-5-16-8-9(14)17-11(15)18-10(8)19/h5,7H,3-4,6H2,1-2H3,(H2,15,17,18). The predicted octanol–water partition coefficient (Wildman–Crippen LogP) is 1.29. The lowest BCUT2D eigenvalue weighted by atomic mass is 9.97. The SMILES string of the molecule is CC12COCOC1CC(C)(n1cnc3c(Cl)nc(N)nc31)O2. The molecule has 3 unspecified atom stereocenters. The number of hydrogen-bond acceptors (Lipinski definition) is 7. The number of fused-ring (bicyclic) bond motifs is 2. The number of imidazole rings is 1.